The summed E-state index contributed by atoms with van der Waals surface area (Å²) in [6.07, 6.45) is -3.62. The third kappa shape index (κ3) is 9.52. The van der Waals surface area contributed by atoms with E-state index in [1.807, 2.05) is 13.0 Å². The molecule has 58 heavy (non-hydrogen) atoms. The first-order valence-corrected chi connectivity index (χ1v) is 19.6. The molecule has 11 nitrogen and oxygen atoms in total. The molecule has 1 aliphatic rings. The number of ether oxygens (including phenoxy) is 3. The maximum atomic E-state index is 14.1. The van der Waals surface area contributed by atoms with Crippen LogP contribution in [0, 0.1) is 12.7 Å². The number of likely N-dealkylation sites (N-methyl/N-ethyl adjacent to an activating group) is 1. The molecular weight excluding hydrogens is 800 g/mol. The van der Waals surface area contributed by atoms with Crippen LogP contribution in [0.4, 0.5) is 17.6 Å². The summed E-state index contributed by atoms with van der Waals surface area (Å²) in [5.74, 6) is -0.930. The third-order valence-corrected chi connectivity index (χ3v) is 11.5. The minimum Gasteiger partial charge on any atom is -0.491 e. The number of carbonyl (C=O) groups is 1. The first-order valence-electron chi connectivity index (χ1n) is 18.4. The molecule has 1 fully saturated rings. The topological polar surface area (TPSA) is 115 Å². The molecule has 0 aliphatic carbocycles. The van der Waals surface area contributed by atoms with Gasteiger partial charge in [-0.15, -0.1) is 11.3 Å². The van der Waals surface area contributed by atoms with Gasteiger partial charge in [-0.1, -0.05) is 48.0 Å². The predicted octanol–water partition coefficient (Wildman–Crippen LogP) is 8.16. The van der Waals surface area contributed by atoms with Crippen LogP contribution in [-0.4, -0.2) is 99.3 Å². The number of rotatable bonds is 15. The Hall–Kier alpha value is -5.29. The summed E-state index contributed by atoms with van der Waals surface area (Å²) in [6, 6.07) is 17.7. The standard InChI is InChI=1S/C41H39ClF4N6O5S/c1-25-30(11-12-32(36(25)42)55-20-19-51-17-15-50(2)16-18-51)34-35-38(47-24-48-39(35)58-37(34)26-7-9-28(43)10-8-26)57-33(40(53)54)21-27-5-3-4-6-31(27)56-22-29-13-14-49-52(29)23-41(44,45)46/h3-14,24,33H,15-23H2,1-2H3,(H,53,54). The molecule has 17 heteroatoms. The average molecular weight is 839 g/mol. The third-order valence-electron chi connectivity index (χ3n) is 9.86. The number of hydrogen-bond donors (Lipinski definition) is 1. The molecule has 1 saturated heterocycles. The van der Waals surface area contributed by atoms with Crippen molar-refractivity contribution in [2.45, 2.75) is 38.8 Å². The van der Waals surface area contributed by atoms with E-state index in [0.29, 0.717) is 60.3 Å². The van der Waals surface area contributed by atoms with E-state index >= 15 is 0 Å². The fourth-order valence-corrected chi connectivity index (χ4v) is 8.10. The van der Waals surface area contributed by atoms with Crippen molar-refractivity contribution < 1.29 is 41.7 Å². The fourth-order valence-electron chi connectivity index (χ4n) is 6.73. The lowest BCUT2D eigenvalue weighted by Crippen LogP contribution is -2.45. The van der Waals surface area contributed by atoms with Gasteiger partial charge in [0.25, 0.3) is 0 Å². The summed E-state index contributed by atoms with van der Waals surface area (Å²) in [5, 5.41) is 15.0. The van der Waals surface area contributed by atoms with Crippen LogP contribution in [0.15, 0.2) is 79.3 Å². The van der Waals surface area contributed by atoms with Gasteiger partial charge in [0.1, 0.15) is 48.2 Å². The molecule has 7 rings (SSSR count). The fraction of sp³-hybridized carbons (Fsp3) is 0.317. The van der Waals surface area contributed by atoms with Crippen molar-refractivity contribution in [1.82, 2.24) is 29.5 Å². The highest BCUT2D eigenvalue weighted by Crippen LogP contribution is 2.49. The lowest BCUT2D eigenvalue weighted by molar-refractivity contribution is -0.145. The van der Waals surface area contributed by atoms with Crippen LogP contribution >= 0.6 is 22.9 Å². The highest BCUT2D eigenvalue weighted by Gasteiger charge is 2.30. The average Bonchev–Trinajstić information content (AvgIpc) is 3.80. The zero-order valence-electron chi connectivity index (χ0n) is 31.5. The van der Waals surface area contributed by atoms with Crippen LogP contribution in [0.2, 0.25) is 5.02 Å². The number of hydrogen-bond acceptors (Lipinski definition) is 10. The molecule has 0 spiro atoms. The van der Waals surface area contributed by atoms with E-state index < -0.39 is 30.6 Å². The molecular formula is C41H39ClF4N6O5S. The SMILES string of the molecule is Cc1c(-c2c(-c3ccc(F)cc3)sc3ncnc(OC(Cc4ccccc4OCc4ccnn4CC(F)(F)F)C(=O)O)c23)ccc(OCCN2CCN(C)CC2)c1Cl. The minimum atomic E-state index is -4.48. The maximum Gasteiger partial charge on any atom is 0.408 e. The second-order valence-electron chi connectivity index (χ2n) is 13.9. The van der Waals surface area contributed by atoms with Gasteiger partial charge in [0.05, 0.1) is 16.1 Å². The van der Waals surface area contributed by atoms with E-state index in [9.17, 15) is 27.5 Å². The monoisotopic (exact) mass is 838 g/mol. The Balaban J connectivity index is 1.20. The van der Waals surface area contributed by atoms with Gasteiger partial charge in [0.2, 0.25) is 12.0 Å². The molecule has 0 saturated carbocycles. The van der Waals surface area contributed by atoms with Crippen LogP contribution in [0.5, 0.6) is 17.4 Å². The number of halogens is 5. The number of aliphatic carboxylic acids is 1. The zero-order chi connectivity index (χ0) is 41.0. The van der Waals surface area contributed by atoms with Crippen LogP contribution in [-0.2, 0) is 24.4 Å². The molecule has 1 atom stereocenters. The van der Waals surface area contributed by atoms with Gasteiger partial charge in [-0.3, -0.25) is 9.58 Å². The van der Waals surface area contributed by atoms with Crippen LogP contribution in [0.1, 0.15) is 16.8 Å². The highest BCUT2D eigenvalue weighted by molar-refractivity contribution is 7.22. The number of carboxylic acid groups (broad SMARTS) is 1. The van der Waals surface area contributed by atoms with Crippen molar-refractivity contribution in [2.24, 2.45) is 0 Å². The van der Waals surface area contributed by atoms with E-state index in [2.05, 4.69) is 31.9 Å². The number of alkyl halides is 3. The van der Waals surface area contributed by atoms with Gasteiger partial charge in [-0.25, -0.2) is 19.2 Å². The Bertz CT molecular complexity index is 2380. The summed E-state index contributed by atoms with van der Waals surface area (Å²) in [6.45, 7) is 5.44. The molecule has 6 aromatic rings. The number of piperazine rings is 1. The number of thiophene rings is 1. The van der Waals surface area contributed by atoms with E-state index in [4.69, 9.17) is 25.8 Å². The zero-order valence-corrected chi connectivity index (χ0v) is 33.1. The number of fused-ring (bicyclic) bond motifs is 1. The number of nitrogens with zero attached hydrogens (tertiary/aromatic N) is 6. The van der Waals surface area contributed by atoms with Crippen molar-refractivity contribution >= 4 is 39.1 Å². The lowest BCUT2D eigenvalue weighted by Gasteiger charge is -2.32. The largest absolute Gasteiger partial charge is 0.491 e. The minimum absolute atomic E-state index is 0.00510. The first kappa shape index (κ1) is 40.9. The Morgan fingerprint density at radius 3 is 2.48 bits per heavy atom. The molecule has 3 aromatic heterocycles. The Morgan fingerprint density at radius 2 is 1.74 bits per heavy atom. The van der Waals surface area contributed by atoms with Crippen molar-refractivity contribution in [2.75, 3.05) is 46.4 Å². The number of aromatic nitrogens is 4. The number of para-hydroxylation sites is 1. The van der Waals surface area contributed by atoms with Crippen molar-refractivity contribution in [3.05, 3.63) is 107 Å². The normalized spacial score (nSPS) is 14.5. The van der Waals surface area contributed by atoms with Gasteiger partial charge < -0.3 is 24.2 Å². The molecule has 1 aliphatic heterocycles. The molecule has 0 radical (unpaired) electrons. The summed E-state index contributed by atoms with van der Waals surface area (Å²) in [5.41, 5.74) is 3.31. The van der Waals surface area contributed by atoms with Gasteiger partial charge in [0, 0.05) is 55.8 Å². The first-order chi connectivity index (χ1) is 27.8. The second kappa shape index (κ2) is 17.7. The van der Waals surface area contributed by atoms with E-state index in [0.717, 1.165) is 37.4 Å². The summed E-state index contributed by atoms with van der Waals surface area (Å²) < 4.78 is 72.6. The molecule has 0 amide bonds. The van der Waals surface area contributed by atoms with Crippen molar-refractivity contribution in [3.63, 3.8) is 0 Å². The van der Waals surface area contributed by atoms with Crippen LogP contribution in [0.3, 0.4) is 0 Å². The van der Waals surface area contributed by atoms with E-state index in [-0.39, 0.29) is 30.4 Å². The Labute approximate surface area is 340 Å². The van der Waals surface area contributed by atoms with Crippen molar-refractivity contribution in [1.29, 1.82) is 0 Å². The van der Waals surface area contributed by atoms with E-state index in [1.54, 1.807) is 42.5 Å². The molecule has 0 bridgehead atoms. The number of benzene rings is 3. The molecule has 1 N–H and O–H groups in total. The van der Waals surface area contributed by atoms with Crippen molar-refractivity contribution in [3.8, 4) is 38.9 Å². The molecule has 304 valence electrons. The van der Waals surface area contributed by atoms with Crippen LogP contribution < -0.4 is 14.2 Å². The summed E-state index contributed by atoms with van der Waals surface area (Å²) in [7, 11) is 2.11. The molecule has 1 unspecified atom stereocenters. The van der Waals surface area contributed by atoms with E-state index in [1.165, 1.54) is 42.1 Å². The molecule has 3 aromatic carbocycles. The van der Waals surface area contributed by atoms with Gasteiger partial charge in [0.15, 0.2) is 0 Å². The summed E-state index contributed by atoms with van der Waals surface area (Å²) >= 11 is 8.30. The van der Waals surface area contributed by atoms with Gasteiger partial charge in [-0.2, -0.15) is 18.3 Å². The van der Waals surface area contributed by atoms with Gasteiger partial charge in [-0.05, 0) is 66.6 Å². The Morgan fingerprint density at radius 1 is 0.983 bits per heavy atom. The predicted molar refractivity (Wildman–Crippen MR) is 212 cm³/mol. The number of carboxylic acids is 1. The lowest BCUT2D eigenvalue weighted by atomic mass is 9.96. The second-order valence-corrected chi connectivity index (χ2v) is 15.2. The maximum absolute atomic E-state index is 14.1. The smallest absolute Gasteiger partial charge is 0.408 e. The molecule has 4 heterocycles. The quantitative estimate of drug-likeness (QED) is 0.102. The van der Waals surface area contributed by atoms with Gasteiger partial charge >= 0.3 is 12.1 Å². The van der Waals surface area contributed by atoms with Crippen LogP contribution in [0.25, 0.3) is 31.8 Å². The highest BCUT2D eigenvalue weighted by atomic mass is 35.5. The Kier molecular flexibility index (Phi) is 12.5. The summed E-state index contributed by atoms with van der Waals surface area (Å²) in [4.78, 5) is 27.6.